The first-order chi connectivity index (χ1) is 6.84. The first-order valence-corrected chi connectivity index (χ1v) is 5.37. The van der Waals surface area contributed by atoms with Crippen molar-refractivity contribution in [3.05, 3.63) is 18.2 Å². The van der Waals surface area contributed by atoms with E-state index < -0.39 is 0 Å². The Bertz CT molecular complexity index is 275. The van der Waals surface area contributed by atoms with Crippen LogP contribution in [-0.2, 0) is 0 Å². The Morgan fingerprint density at radius 3 is 2.57 bits per heavy atom. The maximum Gasteiger partial charge on any atom is 0.125 e. The van der Waals surface area contributed by atoms with E-state index in [1.807, 2.05) is 19.3 Å². The monoisotopic (exact) mass is 191 g/mol. The van der Waals surface area contributed by atoms with Gasteiger partial charge in [0.1, 0.15) is 5.82 Å². The average molecular weight is 191 g/mol. The molecule has 1 aromatic rings. The molecule has 76 valence electrons. The highest BCUT2D eigenvalue weighted by Gasteiger charge is 2.14. The summed E-state index contributed by atoms with van der Waals surface area (Å²) in [6.07, 6.45) is 9.27. The molecule has 0 amide bonds. The number of rotatable bonds is 3. The van der Waals surface area contributed by atoms with Gasteiger partial charge in [0.25, 0.3) is 0 Å². The highest BCUT2D eigenvalue weighted by Crippen LogP contribution is 2.24. The van der Waals surface area contributed by atoms with Crippen LogP contribution in [0.1, 0.15) is 31.5 Å². The number of nitrogens with zero attached hydrogens (tertiary/aromatic N) is 2. The molecule has 3 heteroatoms. The van der Waals surface area contributed by atoms with Crippen LogP contribution >= 0.6 is 0 Å². The largest absolute Gasteiger partial charge is 0.382 e. The van der Waals surface area contributed by atoms with Crippen molar-refractivity contribution in [2.75, 3.05) is 11.9 Å². The molecule has 0 bridgehead atoms. The van der Waals surface area contributed by atoms with Gasteiger partial charge in [-0.3, -0.25) is 0 Å². The Kier molecular flexibility index (Phi) is 2.96. The number of hydrogen-bond donors (Lipinski definition) is 1. The minimum absolute atomic E-state index is 0.830. The van der Waals surface area contributed by atoms with E-state index in [1.54, 1.807) is 0 Å². The molecule has 0 spiro atoms. The van der Waals surface area contributed by atoms with Crippen LogP contribution in [0.2, 0.25) is 0 Å². The molecule has 0 radical (unpaired) electrons. The van der Waals surface area contributed by atoms with Gasteiger partial charge in [0, 0.05) is 6.54 Å². The number of aryl methyl sites for hydroxylation is 1. The lowest BCUT2D eigenvalue weighted by Crippen LogP contribution is -2.11. The quantitative estimate of drug-likeness (QED) is 0.797. The minimum Gasteiger partial charge on any atom is -0.382 e. The van der Waals surface area contributed by atoms with Crippen LogP contribution in [-0.4, -0.2) is 16.5 Å². The summed E-state index contributed by atoms with van der Waals surface area (Å²) in [5.41, 5.74) is 1.04. The second kappa shape index (κ2) is 4.40. The molecule has 1 aromatic heterocycles. The van der Waals surface area contributed by atoms with Crippen molar-refractivity contribution in [1.29, 1.82) is 0 Å². The molecular formula is C11H17N3. The number of nitrogens with one attached hydrogen (secondary N) is 1. The maximum atomic E-state index is 4.15. The first kappa shape index (κ1) is 9.44. The smallest absolute Gasteiger partial charge is 0.125 e. The minimum atomic E-state index is 0.830. The summed E-state index contributed by atoms with van der Waals surface area (Å²) in [6.45, 7) is 2.98. The van der Waals surface area contributed by atoms with E-state index in [4.69, 9.17) is 0 Å². The van der Waals surface area contributed by atoms with E-state index in [2.05, 4.69) is 15.3 Å². The molecule has 3 nitrogen and oxygen atoms in total. The van der Waals surface area contributed by atoms with Gasteiger partial charge in [0.15, 0.2) is 0 Å². The van der Waals surface area contributed by atoms with E-state index in [1.165, 1.54) is 25.7 Å². The molecular weight excluding hydrogens is 174 g/mol. The van der Waals surface area contributed by atoms with Gasteiger partial charge in [0.2, 0.25) is 0 Å². The van der Waals surface area contributed by atoms with Crippen molar-refractivity contribution in [2.45, 2.75) is 32.6 Å². The summed E-state index contributed by atoms with van der Waals surface area (Å²) < 4.78 is 0. The fourth-order valence-electron chi connectivity index (χ4n) is 1.96. The summed E-state index contributed by atoms with van der Waals surface area (Å²) >= 11 is 0. The fraction of sp³-hybridized carbons (Fsp3) is 0.636. The highest BCUT2D eigenvalue weighted by atomic mass is 14.9. The van der Waals surface area contributed by atoms with Crippen molar-refractivity contribution in [3.63, 3.8) is 0 Å². The zero-order chi connectivity index (χ0) is 9.80. The van der Waals surface area contributed by atoms with Gasteiger partial charge in [-0.25, -0.2) is 9.97 Å². The summed E-state index contributed by atoms with van der Waals surface area (Å²) in [7, 11) is 0. The van der Waals surface area contributed by atoms with E-state index in [-0.39, 0.29) is 0 Å². The lowest BCUT2D eigenvalue weighted by Gasteiger charge is -2.10. The number of aromatic nitrogens is 2. The topological polar surface area (TPSA) is 37.8 Å². The van der Waals surface area contributed by atoms with E-state index in [0.717, 1.165) is 24.0 Å². The second-order valence-electron chi connectivity index (χ2n) is 4.05. The van der Waals surface area contributed by atoms with Crippen molar-refractivity contribution in [2.24, 2.45) is 5.92 Å². The molecule has 14 heavy (non-hydrogen) atoms. The second-order valence-corrected chi connectivity index (χ2v) is 4.05. The molecule has 1 aliphatic carbocycles. The molecule has 0 aliphatic heterocycles. The standard InChI is InChI=1S/C11H17N3/c1-9-12-7-11(8-13-9)14-6-10-4-2-3-5-10/h7-8,10,14H,2-6H2,1H3. The van der Waals surface area contributed by atoms with Crippen LogP contribution in [0.4, 0.5) is 5.69 Å². The Balaban J connectivity index is 1.82. The van der Waals surface area contributed by atoms with Gasteiger partial charge in [-0.15, -0.1) is 0 Å². The summed E-state index contributed by atoms with van der Waals surface area (Å²) in [4.78, 5) is 8.30. The molecule has 1 heterocycles. The zero-order valence-corrected chi connectivity index (χ0v) is 8.66. The first-order valence-electron chi connectivity index (χ1n) is 5.37. The van der Waals surface area contributed by atoms with Crippen LogP contribution in [0.3, 0.4) is 0 Å². The predicted molar refractivity (Wildman–Crippen MR) is 57.2 cm³/mol. The van der Waals surface area contributed by atoms with Crippen LogP contribution in [0.5, 0.6) is 0 Å². The zero-order valence-electron chi connectivity index (χ0n) is 8.66. The van der Waals surface area contributed by atoms with E-state index in [9.17, 15) is 0 Å². The predicted octanol–water partition coefficient (Wildman–Crippen LogP) is 2.39. The van der Waals surface area contributed by atoms with Crippen LogP contribution in [0.15, 0.2) is 12.4 Å². The SMILES string of the molecule is Cc1ncc(NCC2CCCC2)cn1. The lowest BCUT2D eigenvalue weighted by atomic mass is 10.1. The van der Waals surface area contributed by atoms with E-state index in [0.29, 0.717) is 0 Å². The molecule has 1 fully saturated rings. The molecule has 0 unspecified atom stereocenters. The molecule has 1 aliphatic rings. The van der Waals surface area contributed by atoms with Gasteiger partial charge in [0.05, 0.1) is 18.1 Å². The van der Waals surface area contributed by atoms with E-state index >= 15 is 0 Å². The number of anilines is 1. The third-order valence-electron chi connectivity index (χ3n) is 2.85. The number of hydrogen-bond acceptors (Lipinski definition) is 3. The molecule has 0 atom stereocenters. The fourth-order valence-corrected chi connectivity index (χ4v) is 1.96. The molecule has 0 saturated heterocycles. The van der Waals surface area contributed by atoms with Crippen LogP contribution in [0, 0.1) is 12.8 Å². The Morgan fingerprint density at radius 2 is 1.93 bits per heavy atom. The molecule has 1 saturated carbocycles. The van der Waals surface area contributed by atoms with Gasteiger partial charge >= 0.3 is 0 Å². The molecule has 0 aromatic carbocycles. The van der Waals surface area contributed by atoms with Gasteiger partial charge < -0.3 is 5.32 Å². The molecule has 2 rings (SSSR count). The normalized spacial score (nSPS) is 17.2. The van der Waals surface area contributed by atoms with Gasteiger partial charge in [-0.05, 0) is 25.7 Å². The van der Waals surface area contributed by atoms with Crippen LogP contribution < -0.4 is 5.32 Å². The maximum absolute atomic E-state index is 4.15. The highest BCUT2D eigenvalue weighted by molar-refractivity contribution is 5.37. The third-order valence-corrected chi connectivity index (χ3v) is 2.85. The lowest BCUT2D eigenvalue weighted by molar-refractivity contribution is 0.579. The summed E-state index contributed by atoms with van der Waals surface area (Å²) in [6, 6.07) is 0. The summed E-state index contributed by atoms with van der Waals surface area (Å²) in [5, 5.41) is 3.39. The Morgan fingerprint density at radius 1 is 1.29 bits per heavy atom. The van der Waals surface area contributed by atoms with Crippen LogP contribution in [0.25, 0.3) is 0 Å². The summed E-state index contributed by atoms with van der Waals surface area (Å²) in [5.74, 6) is 1.69. The Labute approximate surface area is 85.0 Å². The average Bonchev–Trinajstić information content (AvgIpc) is 2.70. The van der Waals surface area contributed by atoms with Crippen molar-refractivity contribution in [3.8, 4) is 0 Å². The van der Waals surface area contributed by atoms with Crippen molar-refractivity contribution in [1.82, 2.24) is 9.97 Å². The third kappa shape index (κ3) is 2.44. The Hall–Kier alpha value is -1.12. The molecule has 1 N–H and O–H groups in total. The van der Waals surface area contributed by atoms with Crippen molar-refractivity contribution >= 4 is 5.69 Å². The van der Waals surface area contributed by atoms with Gasteiger partial charge in [-0.1, -0.05) is 12.8 Å². The van der Waals surface area contributed by atoms with Gasteiger partial charge in [-0.2, -0.15) is 0 Å². The van der Waals surface area contributed by atoms with Crippen molar-refractivity contribution < 1.29 is 0 Å².